The second kappa shape index (κ2) is 4.35. The van der Waals surface area contributed by atoms with Crippen molar-refractivity contribution in [3.05, 3.63) is 53.6 Å². The lowest BCUT2D eigenvalue weighted by Gasteiger charge is -2.07. The molecule has 0 unspecified atom stereocenters. The quantitative estimate of drug-likeness (QED) is 0.718. The van der Waals surface area contributed by atoms with E-state index in [4.69, 9.17) is 5.73 Å². The molecule has 3 nitrogen and oxygen atoms in total. The molecular formula is C16H15N3. The lowest BCUT2D eigenvalue weighted by atomic mass is 10.1. The van der Waals surface area contributed by atoms with Gasteiger partial charge in [0.05, 0.1) is 5.52 Å². The number of para-hydroxylation sites is 1. The van der Waals surface area contributed by atoms with Gasteiger partial charge in [-0.15, -0.1) is 0 Å². The minimum atomic E-state index is 0.527. The van der Waals surface area contributed by atoms with Crippen molar-refractivity contribution < 1.29 is 0 Å². The van der Waals surface area contributed by atoms with E-state index in [0.717, 1.165) is 16.5 Å². The van der Waals surface area contributed by atoms with E-state index in [1.54, 1.807) is 0 Å². The van der Waals surface area contributed by atoms with Gasteiger partial charge in [0.2, 0.25) is 0 Å². The van der Waals surface area contributed by atoms with Crippen LogP contribution in [0.4, 0.5) is 5.82 Å². The zero-order valence-electron chi connectivity index (χ0n) is 11.0. The van der Waals surface area contributed by atoms with E-state index in [1.807, 2.05) is 30.3 Å². The Bertz CT molecular complexity index is 763. The van der Waals surface area contributed by atoms with Gasteiger partial charge in [-0.3, -0.25) is 0 Å². The summed E-state index contributed by atoms with van der Waals surface area (Å²) in [6, 6.07) is 14.0. The van der Waals surface area contributed by atoms with Crippen LogP contribution in [-0.4, -0.2) is 9.97 Å². The van der Waals surface area contributed by atoms with Crippen molar-refractivity contribution in [2.45, 2.75) is 13.8 Å². The van der Waals surface area contributed by atoms with Crippen molar-refractivity contribution in [1.29, 1.82) is 0 Å². The highest BCUT2D eigenvalue weighted by molar-refractivity contribution is 5.89. The molecular weight excluding hydrogens is 234 g/mol. The molecule has 3 heteroatoms. The number of nitrogens with zero attached hydrogens (tertiary/aromatic N) is 2. The molecule has 3 rings (SSSR count). The van der Waals surface area contributed by atoms with Gasteiger partial charge in [0.15, 0.2) is 5.82 Å². The summed E-state index contributed by atoms with van der Waals surface area (Å²) in [6.07, 6.45) is 0. The van der Waals surface area contributed by atoms with Crippen molar-refractivity contribution in [2.75, 3.05) is 5.73 Å². The summed E-state index contributed by atoms with van der Waals surface area (Å²) in [7, 11) is 0. The summed E-state index contributed by atoms with van der Waals surface area (Å²) in [5.74, 6) is 1.21. The van der Waals surface area contributed by atoms with Crippen LogP contribution in [0.3, 0.4) is 0 Å². The molecule has 0 radical (unpaired) electrons. The second-order valence-electron chi connectivity index (χ2n) is 4.75. The largest absolute Gasteiger partial charge is 0.383 e. The molecule has 0 aliphatic heterocycles. The monoisotopic (exact) mass is 249 g/mol. The van der Waals surface area contributed by atoms with Gasteiger partial charge in [-0.25, -0.2) is 9.97 Å². The van der Waals surface area contributed by atoms with Crippen LogP contribution in [0.1, 0.15) is 11.1 Å². The first-order valence-electron chi connectivity index (χ1n) is 6.25. The van der Waals surface area contributed by atoms with Crippen molar-refractivity contribution in [2.24, 2.45) is 0 Å². The smallest absolute Gasteiger partial charge is 0.162 e. The van der Waals surface area contributed by atoms with E-state index in [0.29, 0.717) is 11.6 Å². The molecule has 0 saturated carbocycles. The summed E-state index contributed by atoms with van der Waals surface area (Å²) >= 11 is 0. The van der Waals surface area contributed by atoms with E-state index in [1.165, 1.54) is 11.1 Å². The molecule has 0 bridgehead atoms. The van der Waals surface area contributed by atoms with Gasteiger partial charge >= 0.3 is 0 Å². The van der Waals surface area contributed by atoms with E-state index in [2.05, 4.69) is 35.9 Å². The third-order valence-corrected chi connectivity index (χ3v) is 3.40. The summed E-state index contributed by atoms with van der Waals surface area (Å²) < 4.78 is 0. The maximum absolute atomic E-state index is 6.01. The zero-order valence-corrected chi connectivity index (χ0v) is 11.0. The Labute approximate surface area is 112 Å². The number of hydrogen-bond acceptors (Lipinski definition) is 3. The third-order valence-electron chi connectivity index (χ3n) is 3.40. The molecule has 0 fully saturated rings. The van der Waals surface area contributed by atoms with Gasteiger partial charge in [0.25, 0.3) is 0 Å². The van der Waals surface area contributed by atoms with Crippen LogP contribution in [0.25, 0.3) is 22.3 Å². The summed E-state index contributed by atoms with van der Waals surface area (Å²) in [5, 5.41) is 0.898. The van der Waals surface area contributed by atoms with Gasteiger partial charge in [0.1, 0.15) is 5.82 Å². The first kappa shape index (κ1) is 11.7. The minimum Gasteiger partial charge on any atom is -0.383 e. The van der Waals surface area contributed by atoms with Gasteiger partial charge < -0.3 is 5.73 Å². The minimum absolute atomic E-state index is 0.527. The molecule has 0 aliphatic carbocycles. The number of benzene rings is 2. The number of nitrogens with two attached hydrogens (primary N) is 1. The Kier molecular flexibility index (Phi) is 2.67. The molecule has 0 aliphatic rings. The molecule has 0 atom stereocenters. The third kappa shape index (κ3) is 2.03. The van der Waals surface area contributed by atoms with E-state index in [-0.39, 0.29) is 0 Å². The SMILES string of the molecule is Cc1ccc(-c2nc(N)c3ccccc3n2)cc1C. The number of aryl methyl sites for hydroxylation is 2. The maximum Gasteiger partial charge on any atom is 0.162 e. The number of aromatic nitrogens is 2. The van der Waals surface area contributed by atoms with Crippen LogP contribution in [0.15, 0.2) is 42.5 Å². The Hall–Kier alpha value is -2.42. The van der Waals surface area contributed by atoms with Gasteiger partial charge in [0, 0.05) is 10.9 Å². The number of nitrogen functional groups attached to an aromatic ring is 1. The Balaban J connectivity index is 2.22. The fraction of sp³-hybridized carbons (Fsp3) is 0.125. The average molecular weight is 249 g/mol. The highest BCUT2D eigenvalue weighted by Gasteiger charge is 2.07. The van der Waals surface area contributed by atoms with Gasteiger partial charge in [-0.05, 0) is 43.2 Å². The standard InChI is InChI=1S/C16H15N3/c1-10-7-8-12(9-11(10)2)16-18-14-6-4-3-5-13(14)15(17)19-16/h3-9H,1-2H3,(H2,17,18,19). The first-order chi connectivity index (χ1) is 9.15. The van der Waals surface area contributed by atoms with Crippen LogP contribution in [0, 0.1) is 13.8 Å². The fourth-order valence-electron chi connectivity index (χ4n) is 2.11. The lowest BCUT2D eigenvalue weighted by molar-refractivity contribution is 1.22. The summed E-state index contributed by atoms with van der Waals surface area (Å²) in [4.78, 5) is 8.99. The van der Waals surface area contributed by atoms with Gasteiger partial charge in [-0.2, -0.15) is 0 Å². The Morgan fingerprint density at radius 1 is 0.895 bits per heavy atom. The number of hydrogen-bond donors (Lipinski definition) is 1. The molecule has 1 heterocycles. The molecule has 2 aromatic carbocycles. The second-order valence-corrected chi connectivity index (χ2v) is 4.75. The van der Waals surface area contributed by atoms with Crippen molar-refractivity contribution in [1.82, 2.24) is 9.97 Å². The van der Waals surface area contributed by atoms with Crippen LogP contribution < -0.4 is 5.73 Å². The topological polar surface area (TPSA) is 51.8 Å². The van der Waals surface area contributed by atoms with Crippen molar-refractivity contribution in [3.63, 3.8) is 0 Å². The van der Waals surface area contributed by atoms with Crippen LogP contribution in [0.2, 0.25) is 0 Å². The number of fused-ring (bicyclic) bond motifs is 1. The molecule has 1 aromatic heterocycles. The Morgan fingerprint density at radius 3 is 2.47 bits per heavy atom. The van der Waals surface area contributed by atoms with Gasteiger partial charge in [-0.1, -0.05) is 24.3 Å². The molecule has 19 heavy (non-hydrogen) atoms. The molecule has 0 amide bonds. The maximum atomic E-state index is 6.01. The molecule has 2 N–H and O–H groups in total. The fourth-order valence-corrected chi connectivity index (χ4v) is 2.11. The average Bonchev–Trinajstić information content (AvgIpc) is 2.42. The zero-order chi connectivity index (χ0) is 13.4. The predicted molar refractivity (Wildman–Crippen MR) is 78.9 cm³/mol. The first-order valence-corrected chi connectivity index (χ1v) is 6.25. The van der Waals surface area contributed by atoms with Crippen LogP contribution >= 0.6 is 0 Å². The van der Waals surface area contributed by atoms with E-state index >= 15 is 0 Å². The summed E-state index contributed by atoms with van der Waals surface area (Å²) in [5.41, 5.74) is 10.4. The number of rotatable bonds is 1. The number of anilines is 1. The molecule has 94 valence electrons. The normalized spacial score (nSPS) is 10.8. The molecule has 3 aromatic rings. The Morgan fingerprint density at radius 2 is 1.68 bits per heavy atom. The lowest BCUT2D eigenvalue weighted by Crippen LogP contribution is -1.98. The summed E-state index contributed by atoms with van der Waals surface area (Å²) in [6.45, 7) is 4.18. The van der Waals surface area contributed by atoms with Crippen molar-refractivity contribution >= 4 is 16.7 Å². The predicted octanol–water partition coefficient (Wildman–Crippen LogP) is 3.50. The van der Waals surface area contributed by atoms with E-state index in [9.17, 15) is 0 Å². The van der Waals surface area contributed by atoms with Crippen molar-refractivity contribution in [3.8, 4) is 11.4 Å². The highest BCUT2D eigenvalue weighted by atomic mass is 14.9. The highest BCUT2D eigenvalue weighted by Crippen LogP contribution is 2.24. The molecule has 0 spiro atoms. The molecule has 0 saturated heterocycles. The van der Waals surface area contributed by atoms with E-state index < -0.39 is 0 Å². The van der Waals surface area contributed by atoms with Crippen LogP contribution in [0.5, 0.6) is 0 Å². The van der Waals surface area contributed by atoms with Crippen LogP contribution in [-0.2, 0) is 0 Å².